The molecule has 1 amide bonds. The van der Waals surface area contributed by atoms with Gasteiger partial charge in [-0.2, -0.15) is 0 Å². The summed E-state index contributed by atoms with van der Waals surface area (Å²) in [5, 5.41) is 11.7. The minimum absolute atomic E-state index is 0.0988. The second-order valence-corrected chi connectivity index (χ2v) is 6.07. The van der Waals surface area contributed by atoms with Gasteiger partial charge in [-0.15, -0.1) is 0 Å². The molecule has 126 valence electrons. The average Bonchev–Trinajstić information content (AvgIpc) is 2.42. The van der Waals surface area contributed by atoms with E-state index < -0.39 is 11.5 Å². The number of amides is 1. The number of hydrogen-bond acceptors (Lipinski definition) is 5. The van der Waals surface area contributed by atoms with Gasteiger partial charge >= 0.3 is 5.97 Å². The summed E-state index contributed by atoms with van der Waals surface area (Å²) in [5.41, 5.74) is -0.613. The van der Waals surface area contributed by atoms with E-state index in [1.54, 1.807) is 19.1 Å². The van der Waals surface area contributed by atoms with Gasteiger partial charge in [0.1, 0.15) is 6.10 Å². The predicted molar refractivity (Wildman–Crippen MR) is 82.5 cm³/mol. The number of aliphatic carboxylic acids is 1. The Labute approximate surface area is 135 Å². The van der Waals surface area contributed by atoms with Crippen LogP contribution in [-0.2, 0) is 9.53 Å². The van der Waals surface area contributed by atoms with E-state index >= 15 is 0 Å². The van der Waals surface area contributed by atoms with Crippen molar-refractivity contribution in [1.29, 1.82) is 0 Å². The molecule has 1 fully saturated rings. The zero-order chi connectivity index (χ0) is 16.9. The molecule has 0 bridgehead atoms. The zero-order valence-electron chi connectivity index (χ0n) is 13.4. The van der Waals surface area contributed by atoms with Gasteiger partial charge in [0.05, 0.1) is 18.6 Å². The zero-order valence-corrected chi connectivity index (χ0v) is 13.4. The minimum atomic E-state index is -1.01. The topological polar surface area (TPSA) is 97.8 Å². The van der Waals surface area contributed by atoms with Crippen LogP contribution in [0.1, 0.15) is 43.0 Å². The van der Waals surface area contributed by atoms with E-state index in [9.17, 15) is 9.59 Å². The van der Waals surface area contributed by atoms with Crippen molar-refractivity contribution >= 4 is 11.9 Å². The lowest BCUT2D eigenvalue weighted by atomic mass is 9.96. The Morgan fingerprint density at radius 3 is 2.78 bits per heavy atom. The molecule has 0 radical (unpaired) electrons. The fourth-order valence-electron chi connectivity index (χ4n) is 2.40. The number of hydrogen-bond donors (Lipinski definition) is 2. The quantitative estimate of drug-likeness (QED) is 0.755. The molecule has 0 aliphatic heterocycles. The monoisotopic (exact) mass is 322 g/mol. The maximum atomic E-state index is 12.4. The third-order valence-electron chi connectivity index (χ3n) is 3.76. The molecule has 1 aromatic heterocycles. The predicted octanol–water partition coefficient (Wildman–Crippen LogP) is 1.62. The molecule has 1 aliphatic carbocycles. The molecule has 1 atom stereocenters. The number of carboxylic acid groups (broad SMARTS) is 1. The summed E-state index contributed by atoms with van der Waals surface area (Å²) in [6.07, 6.45) is 4.60. The van der Waals surface area contributed by atoms with Crippen LogP contribution in [0.5, 0.6) is 5.88 Å². The molecule has 1 aliphatic rings. The first-order valence-corrected chi connectivity index (χ1v) is 7.58. The van der Waals surface area contributed by atoms with E-state index in [4.69, 9.17) is 14.6 Å². The van der Waals surface area contributed by atoms with Crippen LogP contribution in [0.2, 0.25) is 0 Å². The van der Waals surface area contributed by atoms with Gasteiger partial charge in [-0.05, 0) is 32.3 Å². The molecule has 0 aromatic carbocycles. The summed E-state index contributed by atoms with van der Waals surface area (Å²) in [7, 11) is 1.46. The van der Waals surface area contributed by atoms with Crippen molar-refractivity contribution in [1.82, 2.24) is 10.3 Å². The number of nitrogens with zero attached hydrogens (tertiary/aromatic N) is 1. The maximum Gasteiger partial charge on any atom is 0.305 e. The van der Waals surface area contributed by atoms with Crippen LogP contribution in [0.25, 0.3) is 0 Å². The molecule has 2 rings (SSSR count). The SMILES string of the molecule is COCC(C)(CC(=O)O)NC(=O)c1ccnc(OC2CCC2)c1. The fourth-order valence-corrected chi connectivity index (χ4v) is 2.40. The number of methoxy groups -OCH3 is 1. The van der Waals surface area contributed by atoms with Crippen molar-refractivity contribution in [2.45, 2.75) is 44.2 Å². The van der Waals surface area contributed by atoms with Crippen molar-refractivity contribution < 1.29 is 24.2 Å². The molecule has 2 N–H and O–H groups in total. The number of nitrogens with one attached hydrogen (secondary N) is 1. The molecule has 0 saturated heterocycles. The van der Waals surface area contributed by atoms with E-state index in [2.05, 4.69) is 10.3 Å². The summed E-state index contributed by atoms with van der Waals surface area (Å²) < 4.78 is 10.7. The summed E-state index contributed by atoms with van der Waals surface area (Å²) in [6.45, 7) is 1.73. The van der Waals surface area contributed by atoms with Gasteiger partial charge in [-0.3, -0.25) is 9.59 Å². The molecular weight excluding hydrogens is 300 g/mol. The lowest BCUT2D eigenvalue weighted by Gasteiger charge is -2.28. The highest BCUT2D eigenvalue weighted by atomic mass is 16.5. The van der Waals surface area contributed by atoms with Crippen LogP contribution in [0.4, 0.5) is 0 Å². The lowest BCUT2D eigenvalue weighted by molar-refractivity contribution is -0.139. The molecule has 7 nitrogen and oxygen atoms in total. The van der Waals surface area contributed by atoms with Gasteiger partial charge in [0.15, 0.2) is 0 Å². The van der Waals surface area contributed by atoms with Crippen LogP contribution in [0.3, 0.4) is 0 Å². The molecule has 1 heterocycles. The second kappa shape index (κ2) is 7.41. The van der Waals surface area contributed by atoms with Crippen LogP contribution >= 0.6 is 0 Å². The molecule has 1 aromatic rings. The number of carbonyl (C=O) groups is 2. The Kier molecular flexibility index (Phi) is 5.54. The van der Waals surface area contributed by atoms with Gasteiger partial charge in [0, 0.05) is 24.9 Å². The van der Waals surface area contributed by atoms with Crippen LogP contribution < -0.4 is 10.1 Å². The second-order valence-electron chi connectivity index (χ2n) is 6.07. The Morgan fingerprint density at radius 2 is 2.22 bits per heavy atom. The number of carbonyl (C=O) groups excluding carboxylic acids is 1. The van der Waals surface area contributed by atoms with Crippen molar-refractivity contribution in [2.24, 2.45) is 0 Å². The van der Waals surface area contributed by atoms with Crippen molar-refractivity contribution in [3.05, 3.63) is 23.9 Å². The highest BCUT2D eigenvalue weighted by molar-refractivity contribution is 5.95. The lowest BCUT2D eigenvalue weighted by Crippen LogP contribution is -2.50. The van der Waals surface area contributed by atoms with Crippen molar-refractivity contribution in [3.63, 3.8) is 0 Å². The third-order valence-corrected chi connectivity index (χ3v) is 3.76. The van der Waals surface area contributed by atoms with Crippen LogP contribution in [0, 0.1) is 0 Å². The molecular formula is C16H22N2O5. The Balaban J connectivity index is 2.05. The maximum absolute atomic E-state index is 12.4. The van der Waals surface area contributed by atoms with E-state index in [0.717, 1.165) is 19.3 Å². The molecule has 23 heavy (non-hydrogen) atoms. The van der Waals surface area contributed by atoms with Gasteiger partial charge in [0.25, 0.3) is 5.91 Å². The van der Waals surface area contributed by atoms with Crippen molar-refractivity contribution in [3.8, 4) is 5.88 Å². The van der Waals surface area contributed by atoms with Crippen LogP contribution in [-0.4, -0.2) is 47.3 Å². The molecule has 7 heteroatoms. The smallest absolute Gasteiger partial charge is 0.305 e. The highest BCUT2D eigenvalue weighted by Crippen LogP contribution is 2.24. The van der Waals surface area contributed by atoms with Gasteiger partial charge in [0.2, 0.25) is 5.88 Å². The molecule has 1 unspecified atom stereocenters. The fraction of sp³-hybridized carbons (Fsp3) is 0.562. The first-order chi connectivity index (χ1) is 10.9. The van der Waals surface area contributed by atoms with E-state index in [1.165, 1.54) is 13.3 Å². The summed E-state index contributed by atoms with van der Waals surface area (Å²) >= 11 is 0. The third kappa shape index (κ3) is 4.92. The van der Waals surface area contributed by atoms with E-state index in [1.807, 2.05) is 0 Å². The van der Waals surface area contributed by atoms with Crippen molar-refractivity contribution in [2.75, 3.05) is 13.7 Å². The van der Waals surface area contributed by atoms with E-state index in [-0.39, 0.29) is 25.0 Å². The summed E-state index contributed by atoms with van der Waals surface area (Å²) in [5.74, 6) is -0.978. The summed E-state index contributed by atoms with van der Waals surface area (Å²) in [4.78, 5) is 27.5. The first-order valence-electron chi connectivity index (χ1n) is 7.58. The number of aromatic nitrogens is 1. The highest BCUT2D eigenvalue weighted by Gasteiger charge is 2.30. The molecule has 1 saturated carbocycles. The standard InChI is InChI=1S/C16H22N2O5/c1-16(10-22-2,9-14(19)20)18-15(21)11-6-7-17-13(8-11)23-12-4-3-5-12/h6-8,12H,3-5,9-10H2,1-2H3,(H,18,21)(H,19,20). The van der Waals surface area contributed by atoms with Gasteiger partial charge < -0.3 is 19.9 Å². The normalized spacial score (nSPS) is 17.0. The Bertz CT molecular complexity index is 573. The van der Waals surface area contributed by atoms with E-state index in [0.29, 0.717) is 11.4 Å². The largest absolute Gasteiger partial charge is 0.481 e. The first kappa shape index (κ1) is 17.2. The Hall–Kier alpha value is -2.15. The number of rotatable bonds is 8. The number of pyridine rings is 1. The van der Waals surface area contributed by atoms with Crippen LogP contribution in [0.15, 0.2) is 18.3 Å². The van der Waals surface area contributed by atoms with Gasteiger partial charge in [-0.1, -0.05) is 0 Å². The number of ether oxygens (including phenoxy) is 2. The Morgan fingerprint density at radius 1 is 1.48 bits per heavy atom. The molecule has 0 spiro atoms. The number of carboxylic acids is 1. The summed E-state index contributed by atoms with van der Waals surface area (Å²) in [6, 6.07) is 3.14. The minimum Gasteiger partial charge on any atom is -0.481 e. The average molecular weight is 322 g/mol. The van der Waals surface area contributed by atoms with Gasteiger partial charge in [-0.25, -0.2) is 4.98 Å².